The summed E-state index contributed by atoms with van der Waals surface area (Å²) in [6, 6.07) is 3.55. The molecule has 2 amide bonds. The second-order valence-corrected chi connectivity index (χ2v) is 8.08. The number of pyridine rings is 1. The minimum Gasteiger partial charge on any atom is -0.339 e. The molecule has 1 saturated heterocycles. The second kappa shape index (κ2) is 8.39. The first-order valence-electron chi connectivity index (χ1n) is 8.14. The van der Waals surface area contributed by atoms with E-state index in [1.54, 1.807) is 34.3 Å². The van der Waals surface area contributed by atoms with Gasteiger partial charge in [-0.1, -0.05) is 6.07 Å². The molecule has 0 radical (unpaired) electrons. The minimum absolute atomic E-state index is 0.00632. The van der Waals surface area contributed by atoms with Gasteiger partial charge in [0.05, 0.1) is 6.26 Å². The third-order valence-corrected chi connectivity index (χ3v) is 5.45. The van der Waals surface area contributed by atoms with E-state index in [1.807, 2.05) is 0 Å². The molecule has 0 N–H and O–H groups in total. The summed E-state index contributed by atoms with van der Waals surface area (Å²) >= 11 is 0. The number of hydrogen-bond acceptors (Lipinski definition) is 5. The van der Waals surface area contributed by atoms with Gasteiger partial charge in [0.1, 0.15) is 0 Å². The normalized spacial score (nSPS) is 15.5. The highest BCUT2D eigenvalue weighted by molar-refractivity contribution is 7.88. The third kappa shape index (κ3) is 5.79. The van der Waals surface area contributed by atoms with Crippen LogP contribution in [0.1, 0.15) is 18.9 Å². The average Bonchev–Trinajstić information content (AvgIpc) is 2.58. The van der Waals surface area contributed by atoms with Gasteiger partial charge < -0.3 is 9.80 Å². The predicted octanol–water partition coefficient (Wildman–Crippen LogP) is -0.0760. The van der Waals surface area contributed by atoms with Gasteiger partial charge in [0.2, 0.25) is 21.8 Å². The Morgan fingerprint density at radius 2 is 1.84 bits per heavy atom. The number of carbonyl (C=O) groups excluding carboxylic acids is 2. The van der Waals surface area contributed by atoms with Crippen LogP contribution in [0.3, 0.4) is 0 Å². The van der Waals surface area contributed by atoms with Gasteiger partial charge in [-0.2, -0.15) is 4.31 Å². The van der Waals surface area contributed by atoms with Crippen molar-refractivity contribution in [1.82, 2.24) is 19.1 Å². The van der Waals surface area contributed by atoms with E-state index in [9.17, 15) is 18.0 Å². The van der Waals surface area contributed by atoms with Gasteiger partial charge in [-0.05, 0) is 11.6 Å². The summed E-state index contributed by atoms with van der Waals surface area (Å²) in [6.07, 6.45) is 4.49. The summed E-state index contributed by atoms with van der Waals surface area (Å²) in [6.45, 7) is 3.84. The quantitative estimate of drug-likeness (QED) is 0.701. The number of amides is 2. The fourth-order valence-electron chi connectivity index (χ4n) is 2.71. The molecule has 1 aliphatic heterocycles. The van der Waals surface area contributed by atoms with Crippen LogP contribution in [0.25, 0.3) is 0 Å². The lowest BCUT2D eigenvalue weighted by Gasteiger charge is -2.34. The molecule has 1 aromatic rings. The second-order valence-electron chi connectivity index (χ2n) is 6.09. The van der Waals surface area contributed by atoms with Crippen molar-refractivity contribution in [3.8, 4) is 0 Å². The van der Waals surface area contributed by atoms with Gasteiger partial charge in [-0.25, -0.2) is 8.42 Å². The summed E-state index contributed by atoms with van der Waals surface area (Å²) in [5, 5.41) is 0. The molecule has 0 aliphatic carbocycles. The number of aromatic nitrogens is 1. The first-order chi connectivity index (χ1) is 11.8. The monoisotopic (exact) mass is 368 g/mol. The van der Waals surface area contributed by atoms with E-state index in [0.717, 1.165) is 11.8 Å². The van der Waals surface area contributed by atoms with E-state index >= 15 is 0 Å². The number of sulfonamides is 1. The molecule has 0 atom stereocenters. The van der Waals surface area contributed by atoms with E-state index in [0.29, 0.717) is 26.2 Å². The zero-order chi connectivity index (χ0) is 18.4. The van der Waals surface area contributed by atoms with Gasteiger partial charge in [0.15, 0.2) is 0 Å². The predicted molar refractivity (Wildman–Crippen MR) is 92.9 cm³/mol. The summed E-state index contributed by atoms with van der Waals surface area (Å²) < 4.78 is 25.2. The fraction of sp³-hybridized carbons (Fsp3) is 0.562. The maximum atomic E-state index is 12.3. The van der Waals surface area contributed by atoms with Gasteiger partial charge in [0, 0.05) is 65.0 Å². The van der Waals surface area contributed by atoms with Crippen molar-refractivity contribution in [3.05, 3.63) is 30.1 Å². The van der Waals surface area contributed by atoms with E-state index < -0.39 is 10.0 Å². The standard InChI is InChI=1S/C16H24N4O4S/c1-14(21)18-8-10-19(11-9-18)16(22)5-7-20(25(2,23)24)13-15-4-3-6-17-12-15/h3-4,6,12H,5,7-11,13H2,1-2H3. The van der Waals surface area contributed by atoms with E-state index in [4.69, 9.17) is 0 Å². The largest absolute Gasteiger partial charge is 0.339 e. The Labute approximate surface area is 148 Å². The van der Waals surface area contributed by atoms with Crippen molar-refractivity contribution in [1.29, 1.82) is 0 Å². The van der Waals surface area contributed by atoms with Crippen molar-refractivity contribution in [3.63, 3.8) is 0 Å². The van der Waals surface area contributed by atoms with E-state index in [2.05, 4.69) is 4.98 Å². The van der Waals surface area contributed by atoms with Crippen molar-refractivity contribution in [2.24, 2.45) is 0 Å². The first-order valence-corrected chi connectivity index (χ1v) is 9.99. The Bertz CT molecular complexity index is 700. The minimum atomic E-state index is -3.43. The molecule has 1 aliphatic rings. The van der Waals surface area contributed by atoms with Crippen LogP contribution in [0.5, 0.6) is 0 Å². The summed E-state index contributed by atoms with van der Waals surface area (Å²) in [5.74, 6) is -0.0881. The van der Waals surface area contributed by atoms with Crippen molar-refractivity contribution in [2.75, 3.05) is 39.0 Å². The lowest BCUT2D eigenvalue weighted by Crippen LogP contribution is -2.50. The Hall–Kier alpha value is -2.00. The molecule has 0 bridgehead atoms. The summed E-state index contributed by atoms with van der Waals surface area (Å²) in [5.41, 5.74) is 0.774. The van der Waals surface area contributed by atoms with Crippen LogP contribution in [0.4, 0.5) is 0 Å². The molecule has 9 heteroatoms. The van der Waals surface area contributed by atoms with Crippen LogP contribution >= 0.6 is 0 Å². The smallest absolute Gasteiger partial charge is 0.224 e. The van der Waals surface area contributed by atoms with Crippen molar-refractivity contribution >= 4 is 21.8 Å². The highest BCUT2D eigenvalue weighted by Crippen LogP contribution is 2.10. The van der Waals surface area contributed by atoms with Crippen LogP contribution in [0.15, 0.2) is 24.5 Å². The topological polar surface area (TPSA) is 90.9 Å². The molecular weight excluding hydrogens is 344 g/mol. The Morgan fingerprint density at radius 3 is 2.36 bits per heavy atom. The molecule has 2 heterocycles. The Balaban J connectivity index is 1.90. The molecule has 1 aromatic heterocycles. The van der Waals surface area contributed by atoms with E-state index in [-0.39, 0.29) is 31.3 Å². The van der Waals surface area contributed by atoms with Crippen molar-refractivity contribution < 1.29 is 18.0 Å². The van der Waals surface area contributed by atoms with Crippen LogP contribution in [-0.2, 0) is 26.2 Å². The Morgan fingerprint density at radius 1 is 1.20 bits per heavy atom. The van der Waals surface area contributed by atoms with Crippen LogP contribution in [0.2, 0.25) is 0 Å². The third-order valence-electron chi connectivity index (χ3n) is 4.20. The molecule has 0 saturated carbocycles. The lowest BCUT2D eigenvalue weighted by atomic mass is 10.2. The molecule has 25 heavy (non-hydrogen) atoms. The molecule has 1 fully saturated rings. The zero-order valence-corrected chi connectivity index (χ0v) is 15.4. The van der Waals surface area contributed by atoms with Crippen LogP contribution in [-0.4, -0.2) is 78.3 Å². The van der Waals surface area contributed by atoms with Gasteiger partial charge >= 0.3 is 0 Å². The zero-order valence-electron chi connectivity index (χ0n) is 14.6. The SMILES string of the molecule is CC(=O)N1CCN(C(=O)CCN(Cc2cccnc2)S(C)(=O)=O)CC1. The van der Waals surface area contributed by atoms with Gasteiger partial charge in [-0.15, -0.1) is 0 Å². The van der Waals surface area contributed by atoms with E-state index in [1.165, 1.54) is 11.2 Å². The molecule has 0 spiro atoms. The molecule has 0 unspecified atom stereocenters. The molecule has 2 rings (SSSR count). The average molecular weight is 368 g/mol. The van der Waals surface area contributed by atoms with Crippen LogP contribution < -0.4 is 0 Å². The van der Waals surface area contributed by atoms with Crippen molar-refractivity contribution in [2.45, 2.75) is 19.9 Å². The van der Waals surface area contributed by atoms with Gasteiger partial charge in [-0.3, -0.25) is 14.6 Å². The summed E-state index contributed by atoms with van der Waals surface area (Å²) in [4.78, 5) is 31.0. The van der Waals surface area contributed by atoms with Gasteiger partial charge in [0.25, 0.3) is 0 Å². The number of carbonyl (C=O) groups is 2. The number of hydrogen-bond donors (Lipinski definition) is 0. The number of piperazine rings is 1. The first kappa shape index (κ1) is 19.3. The number of rotatable bonds is 6. The molecule has 138 valence electrons. The fourth-order valence-corrected chi connectivity index (χ4v) is 3.51. The Kier molecular flexibility index (Phi) is 6.49. The maximum Gasteiger partial charge on any atom is 0.224 e. The lowest BCUT2D eigenvalue weighted by molar-refractivity contribution is -0.138. The van der Waals surface area contributed by atoms with Crippen LogP contribution in [0, 0.1) is 0 Å². The maximum absolute atomic E-state index is 12.3. The highest BCUT2D eigenvalue weighted by atomic mass is 32.2. The molecular formula is C16H24N4O4S. The molecule has 8 nitrogen and oxygen atoms in total. The molecule has 0 aromatic carbocycles. The summed E-state index contributed by atoms with van der Waals surface area (Å²) in [7, 11) is -3.43. The highest BCUT2D eigenvalue weighted by Gasteiger charge is 2.24. The number of nitrogens with zero attached hydrogens (tertiary/aromatic N) is 4.